The normalized spacial score (nSPS) is 15.2. The molecule has 1 saturated carbocycles. The van der Waals surface area contributed by atoms with Crippen molar-refractivity contribution in [3.8, 4) is 0 Å². The highest BCUT2D eigenvalue weighted by Gasteiger charge is 2.21. The van der Waals surface area contributed by atoms with Crippen molar-refractivity contribution in [2.24, 2.45) is 5.92 Å². The summed E-state index contributed by atoms with van der Waals surface area (Å²) < 4.78 is 5.64. The Balaban J connectivity index is 1.72. The van der Waals surface area contributed by atoms with Crippen molar-refractivity contribution in [3.63, 3.8) is 0 Å². The largest absolute Gasteiger partial charge is 0.453 e. The fourth-order valence-electron chi connectivity index (χ4n) is 2.15. The lowest BCUT2D eigenvalue weighted by atomic mass is 10.2. The Morgan fingerprint density at radius 1 is 1.44 bits per heavy atom. The number of rotatable bonds is 5. The predicted molar refractivity (Wildman–Crippen MR) is 70.9 cm³/mol. The number of Topliss-reactive ketones (excluding diaryl/α,β-unsaturated/α-hetero) is 1. The first-order valence-electron chi connectivity index (χ1n) is 6.47. The number of ketones is 1. The van der Waals surface area contributed by atoms with Crippen molar-refractivity contribution in [2.45, 2.75) is 19.8 Å². The van der Waals surface area contributed by atoms with Gasteiger partial charge in [0.25, 0.3) is 0 Å². The first kappa shape index (κ1) is 11.5. The monoisotopic (exact) mass is 243 g/mol. The van der Waals surface area contributed by atoms with Crippen molar-refractivity contribution < 1.29 is 9.21 Å². The topological polar surface area (TPSA) is 42.2 Å². The first-order valence-corrected chi connectivity index (χ1v) is 6.47. The summed E-state index contributed by atoms with van der Waals surface area (Å²) in [6.07, 6.45) is 2.59. The van der Waals surface area contributed by atoms with Gasteiger partial charge in [-0.25, -0.2) is 0 Å². The van der Waals surface area contributed by atoms with Gasteiger partial charge in [0.1, 0.15) is 5.58 Å². The zero-order valence-corrected chi connectivity index (χ0v) is 10.5. The molecule has 0 aliphatic heterocycles. The van der Waals surface area contributed by atoms with E-state index in [-0.39, 0.29) is 5.78 Å². The minimum Gasteiger partial charge on any atom is -0.453 e. The summed E-state index contributed by atoms with van der Waals surface area (Å²) in [6, 6.07) is 7.78. The molecule has 0 amide bonds. The molecule has 0 radical (unpaired) electrons. The number of fused-ring (bicyclic) bond motifs is 1. The maximum Gasteiger partial charge on any atom is 0.211 e. The second-order valence-electron chi connectivity index (χ2n) is 5.10. The molecule has 0 saturated heterocycles. The van der Waals surface area contributed by atoms with E-state index < -0.39 is 0 Å². The molecular formula is C15H17NO2. The predicted octanol–water partition coefficient (Wildman–Crippen LogP) is 2.92. The molecule has 3 rings (SSSR count). The van der Waals surface area contributed by atoms with Crippen LogP contribution >= 0.6 is 0 Å². The number of para-hydroxylation sites is 1. The number of aryl methyl sites for hydroxylation is 1. The minimum atomic E-state index is 0.0336. The third-order valence-corrected chi connectivity index (χ3v) is 3.43. The SMILES string of the molecule is Cc1cccc2cc(C(=O)CNCC3CC3)oc12. The summed E-state index contributed by atoms with van der Waals surface area (Å²) in [7, 11) is 0. The Morgan fingerprint density at radius 3 is 3.00 bits per heavy atom. The Labute approximate surface area is 106 Å². The van der Waals surface area contributed by atoms with E-state index in [4.69, 9.17) is 4.42 Å². The molecule has 1 aliphatic rings. The first-order chi connectivity index (χ1) is 8.74. The molecule has 1 fully saturated rings. The zero-order valence-electron chi connectivity index (χ0n) is 10.5. The number of hydrogen-bond acceptors (Lipinski definition) is 3. The second-order valence-corrected chi connectivity index (χ2v) is 5.10. The maximum atomic E-state index is 12.0. The molecule has 1 heterocycles. The zero-order chi connectivity index (χ0) is 12.5. The Bertz CT molecular complexity index is 581. The number of carbonyl (C=O) groups excluding carboxylic acids is 1. The van der Waals surface area contributed by atoms with Crippen LogP contribution in [0, 0.1) is 12.8 Å². The van der Waals surface area contributed by atoms with Gasteiger partial charge in [-0.05, 0) is 43.9 Å². The highest BCUT2D eigenvalue weighted by molar-refractivity contribution is 5.99. The molecule has 18 heavy (non-hydrogen) atoms. The molecule has 1 aliphatic carbocycles. The van der Waals surface area contributed by atoms with Crippen molar-refractivity contribution in [2.75, 3.05) is 13.1 Å². The molecule has 94 valence electrons. The van der Waals surface area contributed by atoms with E-state index in [0.29, 0.717) is 12.3 Å². The Morgan fingerprint density at radius 2 is 2.28 bits per heavy atom. The van der Waals surface area contributed by atoms with Crippen LogP contribution in [0.4, 0.5) is 0 Å². The van der Waals surface area contributed by atoms with E-state index in [2.05, 4.69) is 5.32 Å². The van der Waals surface area contributed by atoms with Crippen LogP contribution in [0.3, 0.4) is 0 Å². The van der Waals surface area contributed by atoms with Gasteiger partial charge < -0.3 is 9.73 Å². The molecule has 0 atom stereocenters. The minimum absolute atomic E-state index is 0.0336. The van der Waals surface area contributed by atoms with E-state index in [1.807, 2.05) is 31.2 Å². The molecule has 3 nitrogen and oxygen atoms in total. The van der Waals surface area contributed by atoms with Gasteiger partial charge in [-0.15, -0.1) is 0 Å². The van der Waals surface area contributed by atoms with E-state index in [9.17, 15) is 4.79 Å². The van der Waals surface area contributed by atoms with Crippen LogP contribution in [0.2, 0.25) is 0 Å². The van der Waals surface area contributed by atoms with Crippen LogP contribution < -0.4 is 5.32 Å². The third kappa shape index (κ3) is 2.31. The fourth-order valence-corrected chi connectivity index (χ4v) is 2.15. The van der Waals surface area contributed by atoms with E-state index in [1.54, 1.807) is 0 Å². The number of hydrogen-bond donors (Lipinski definition) is 1. The van der Waals surface area contributed by atoms with Gasteiger partial charge >= 0.3 is 0 Å². The highest BCUT2D eigenvalue weighted by atomic mass is 16.3. The number of carbonyl (C=O) groups is 1. The summed E-state index contributed by atoms with van der Waals surface area (Å²) >= 11 is 0. The molecule has 0 unspecified atom stereocenters. The van der Waals surface area contributed by atoms with Crippen molar-refractivity contribution in [3.05, 3.63) is 35.6 Å². The van der Waals surface area contributed by atoms with Crippen LogP contribution in [0.1, 0.15) is 29.0 Å². The van der Waals surface area contributed by atoms with E-state index in [0.717, 1.165) is 29.0 Å². The molecule has 1 N–H and O–H groups in total. The van der Waals surface area contributed by atoms with Crippen molar-refractivity contribution >= 4 is 16.8 Å². The maximum absolute atomic E-state index is 12.0. The van der Waals surface area contributed by atoms with Crippen LogP contribution in [0.25, 0.3) is 11.0 Å². The molecule has 1 aromatic heterocycles. The fraction of sp³-hybridized carbons (Fsp3) is 0.400. The Kier molecular flexibility index (Phi) is 2.92. The molecule has 2 aromatic rings. The van der Waals surface area contributed by atoms with Gasteiger partial charge in [-0.1, -0.05) is 18.2 Å². The Hall–Kier alpha value is -1.61. The average molecular weight is 243 g/mol. The quantitative estimate of drug-likeness (QED) is 0.821. The smallest absolute Gasteiger partial charge is 0.211 e. The lowest BCUT2D eigenvalue weighted by molar-refractivity contribution is 0.0966. The lowest BCUT2D eigenvalue weighted by Crippen LogP contribution is -2.24. The summed E-state index contributed by atoms with van der Waals surface area (Å²) in [4.78, 5) is 12.0. The number of nitrogens with one attached hydrogen (secondary N) is 1. The molecular weight excluding hydrogens is 226 g/mol. The van der Waals surface area contributed by atoms with Crippen molar-refractivity contribution in [1.82, 2.24) is 5.32 Å². The van der Waals surface area contributed by atoms with Crippen LogP contribution in [-0.4, -0.2) is 18.9 Å². The van der Waals surface area contributed by atoms with Gasteiger partial charge in [0.05, 0.1) is 6.54 Å². The molecule has 0 bridgehead atoms. The second kappa shape index (κ2) is 4.58. The molecule has 3 heteroatoms. The lowest BCUT2D eigenvalue weighted by Gasteiger charge is -2.00. The summed E-state index contributed by atoms with van der Waals surface area (Å²) in [5.41, 5.74) is 1.89. The summed E-state index contributed by atoms with van der Waals surface area (Å²) in [6.45, 7) is 3.31. The summed E-state index contributed by atoms with van der Waals surface area (Å²) in [5.74, 6) is 1.28. The van der Waals surface area contributed by atoms with E-state index in [1.165, 1.54) is 12.8 Å². The van der Waals surface area contributed by atoms with E-state index >= 15 is 0 Å². The van der Waals surface area contributed by atoms with Gasteiger partial charge in [-0.3, -0.25) is 4.79 Å². The van der Waals surface area contributed by atoms with Crippen LogP contribution in [0.5, 0.6) is 0 Å². The number of furan rings is 1. The van der Waals surface area contributed by atoms with Crippen molar-refractivity contribution in [1.29, 1.82) is 0 Å². The molecule has 0 spiro atoms. The molecule has 1 aromatic carbocycles. The average Bonchev–Trinajstić information content (AvgIpc) is 3.06. The van der Waals surface area contributed by atoms with Crippen LogP contribution in [0.15, 0.2) is 28.7 Å². The van der Waals surface area contributed by atoms with Crippen LogP contribution in [-0.2, 0) is 0 Å². The number of benzene rings is 1. The highest BCUT2D eigenvalue weighted by Crippen LogP contribution is 2.27. The van der Waals surface area contributed by atoms with Gasteiger partial charge in [0.2, 0.25) is 5.78 Å². The third-order valence-electron chi connectivity index (χ3n) is 3.43. The van der Waals surface area contributed by atoms with Gasteiger partial charge in [-0.2, -0.15) is 0 Å². The van der Waals surface area contributed by atoms with Gasteiger partial charge in [0.15, 0.2) is 5.76 Å². The standard InChI is InChI=1S/C15H17NO2/c1-10-3-2-4-12-7-14(18-15(10)12)13(17)9-16-8-11-5-6-11/h2-4,7,11,16H,5-6,8-9H2,1H3. The summed E-state index contributed by atoms with van der Waals surface area (Å²) in [5, 5.41) is 4.20. The van der Waals surface area contributed by atoms with Gasteiger partial charge in [0, 0.05) is 5.39 Å².